The van der Waals surface area contributed by atoms with E-state index in [9.17, 15) is 0 Å². The maximum absolute atomic E-state index is 4.85. The fourth-order valence-corrected chi connectivity index (χ4v) is 0.0962. The fraction of sp³-hybridized carbons (Fsp3) is 0. The van der Waals surface area contributed by atoms with Gasteiger partial charge in [0.15, 0.2) is 7.98 Å². The van der Waals surface area contributed by atoms with Crippen LogP contribution in [0.5, 0.6) is 0 Å². The molecule has 0 aliphatic carbocycles. The molecule has 0 aliphatic heterocycles. The van der Waals surface area contributed by atoms with Crippen LogP contribution in [0.25, 0.3) is 0 Å². The van der Waals surface area contributed by atoms with Gasteiger partial charge < -0.3 is 15.9 Å². The van der Waals surface area contributed by atoms with Crippen molar-refractivity contribution >= 4 is 23.1 Å². The van der Waals surface area contributed by atoms with Crippen molar-refractivity contribution in [3.8, 4) is 0 Å². The van der Waals surface area contributed by atoms with Gasteiger partial charge in [-0.15, -0.1) is 0 Å². The molecule has 0 rings (SSSR count). The van der Waals surface area contributed by atoms with E-state index >= 15 is 0 Å². The van der Waals surface area contributed by atoms with Crippen molar-refractivity contribution in [2.45, 2.75) is 0 Å². The van der Waals surface area contributed by atoms with Crippen LogP contribution in [0.4, 0.5) is 0 Å². The number of nitrogens with two attached hydrogens (primary N) is 1. The lowest BCUT2D eigenvalue weighted by molar-refractivity contribution is 1.43. The average molecular weight is 78.5 g/mol. The summed E-state index contributed by atoms with van der Waals surface area (Å²) in [6.07, 6.45) is 0. The minimum absolute atomic E-state index is 1.26. The van der Waals surface area contributed by atoms with Gasteiger partial charge in [0.25, 0.3) is 15.1 Å². The van der Waals surface area contributed by atoms with Gasteiger partial charge in [-0.3, -0.25) is 0 Å². The van der Waals surface area contributed by atoms with Gasteiger partial charge >= 0.3 is 0 Å². The minimum atomic E-state index is 1.26. The molecule has 0 bridgehead atoms. The van der Waals surface area contributed by atoms with E-state index < -0.39 is 0 Å². The maximum Gasteiger partial charge on any atom is 0.292 e. The highest BCUT2D eigenvalue weighted by molar-refractivity contribution is 6.51. The van der Waals surface area contributed by atoms with Gasteiger partial charge in [0, 0.05) is 0 Å². The largest absolute Gasteiger partial charge is 0.398 e. The van der Waals surface area contributed by atoms with Crippen molar-refractivity contribution in [1.82, 2.24) is 10.3 Å². The first kappa shape index (κ1) is 6.07. The normalized spacial score (nSPS) is 7.50. The van der Waals surface area contributed by atoms with Gasteiger partial charge in [-0.25, -0.2) is 0 Å². The lowest BCUT2D eigenvalue weighted by atomic mass is 10.0. The molecule has 0 aromatic rings. The highest BCUT2D eigenvalue weighted by atomic mass is 14.8. The molecule has 0 heterocycles. The molecule has 0 aromatic heterocycles. The minimum Gasteiger partial charge on any atom is -0.398 e. The van der Waals surface area contributed by atoms with E-state index in [1.807, 2.05) is 0 Å². The van der Waals surface area contributed by atoms with Gasteiger partial charge in [0.2, 0.25) is 0 Å². The Kier molecular flexibility index (Phi) is 5.14. The van der Waals surface area contributed by atoms with E-state index in [1.165, 1.54) is 15.1 Å². The van der Waals surface area contributed by atoms with Crippen LogP contribution in [0, 0.1) is 0 Å². The molecule has 0 saturated heterocycles. The Bertz CT molecular complexity index is 18.0. The molecule has 0 fully saturated rings. The van der Waals surface area contributed by atoms with Crippen LogP contribution >= 0.6 is 0 Å². The van der Waals surface area contributed by atoms with E-state index in [0.29, 0.717) is 0 Å². The van der Waals surface area contributed by atoms with Crippen LogP contribution in [-0.2, 0) is 0 Å². The van der Waals surface area contributed by atoms with E-state index in [0.717, 1.165) is 0 Å². The van der Waals surface area contributed by atoms with Crippen LogP contribution in [0.2, 0.25) is 0 Å². The van der Waals surface area contributed by atoms with Gasteiger partial charge in [-0.1, -0.05) is 0 Å². The molecule has 0 saturated carbocycles. The highest BCUT2D eigenvalue weighted by Gasteiger charge is 1.78. The fourth-order valence-electron chi connectivity index (χ4n) is 0.0962. The van der Waals surface area contributed by atoms with Gasteiger partial charge in [0.05, 0.1) is 0 Å². The molecular weight excluding hydrogens is 74.5 g/mol. The monoisotopic (exact) mass is 79.1 g/mol. The summed E-state index contributed by atoms with van der Waals surface area (Å²) in [5, 5.41) is 4.71. The summed E-state index contributed by atoms with van der Waals surface area (Å²) in [5.41, 5.74) is 4.85. The van der Waals surface area contributed by atoms with Crippen molar-refractivity contribution in [3.63, 3.8) is 0 Å². The van der Waals surface area contributed by atoms with Crippen molar-refractivity contribution in [2.75, 3.05) is 0 Å². The summed E-state index contributed by atoms with van der Waals surface area (Å²) in [6, 6.07) is 0. The maximum atomic E-state index is 4.85. The predicted octanol–water partition coefficient (Wildman–Crippen LogP) is -2.72. The first-order chi connectivity index (χ1) is 2.91. The Morgan fingerprint density at radius 1 is 1.67 bits per heavy atom. The molecule has 0 amide bonds. The topological polar surface area (TPSA) is 50.1 Å². The van der Waals surface area contributed by atoms with E-state index in [2.05, 4.69) is 10.3 Å². The second-order valence-electron chi connectivity index (χ2n) is 0.644. The Morgan fingerprint density at radius 2 is 2.33 bits per heavy atom. The standard InChI is InChI=1S/B3H4N3/c1-5-3-6-2-4/h5-6H,4H2. The van der Waals surface area contributed by atoms with E-state index in [-0.39, 0.29) is 0 Å². The second-order valence-corrected chi connectivity index (χ2v) is 0.644. The van der Waals surface area contributed by atoms with E-state index in [4.69, 9.17) is 13.6 Å². The zero-order valence-electron chi connectivity index (χ0n) is 3.31. The Morgan fingerprint density at radius 3 is 2.50 bits per heavy atom. The lowest BCUT2D eigenvalue weighted by Gasteiger charge is -1.89. The molecule has 6 heteroatoms. The Balaban J connectivity index is 2.34. The molecule has 28 valence electrons. The van der Waals surface area contributed by atoms with Crippen molar-refractivity contribution in [2.24, 2.45) is 5.64 Å². The molecular formula is H4B3N3. The average Bonchev–Trinajstić information content (AvgIpc) is 1.61. The van der Waals surface area contributed by atoms with Crippen LogP contribution < -0.4 is 15.9 Å². The third kappa shape index (κ3) is 4.07. The quantitative estimate of drug-likeness (QED) is 0.254. The number of hydrogen-bond acceptors (Lipinski definition) is 3. The van der Waals surface area contributed by atoms with Crippen LogP contribution in [-0.4, -0.2) is 23.1 Å². The molecule has 0 atom stereocenters. The molecule has 6 heavy (non-hydrogen) atoms. The van der Waals surface area contributed by atoms with Crippen LogP contribution in [0.3, 0.4) is 0 Å². The zero-order chi connectivity index (χ0) is 4.83. The third-order valence-corrected chi connectivity index (χ3v) is 0.263. The third-order valence-electron chi connectivity index (χ3n) is 0.263. The molecule has 0 unspecified atom stereocenters. The summed E-state index contributed by atoms with van der Waals surface area (Å²) in [5.74, 6) is 0. The highest BCUT2D eigenvalue weighted by Crippen LogP contribution is 1.25. The summed E-state index contributed by atoms with van der Waals surface area (Å²) < 4.78 is 0. The van der Waals surface area contributed by atoms with Crippen molar-refractivity contribution < 1.29 is 0 Å². The molecule has 0 aromatic carbocycles. The summed E-state index contributed by atoms with van der Waals surface area (Å²) in [6.45, 7) is 0. The smallest absolute Gasteiger partial charge is 0.292 e. The van der Waals surface area contributed by atoms with Crippen molar-refractivity contribution in [3.05, 3.63) is 0 Å². The second kappa shape index (κ2) is 5.07. The van der Waals surface area contributed by atoms with Crippen molar-refractivity contribution in [1.29, 1.82) is 0 Å². The SMILES string of the molecule is [B]N[B]N[B]N. The first-order valence-corrected chi connectivity index (χ1v) is 1.49. The Labute approximate surface area is 40.1 Å². The number of rotatable bonds is 3. The molecule has 0 spiro atoms. The summed E-state index contributed by atoms with van der Waals surface area (Å²) in [4.78, 5) is 0. The number of hydrogen-bond donors (Lipinski definition) is 3. The summed E-state index contributed by atoms with van der Waals surface area (Å²) in [7, 11) is 7.44. The molecule has 0 aliphatic rings. The van der Waals surface area contributed by atoms with Crippen LogP contribution in [0.1, 0.15) is 0 Å². The Hall–Kier alpha value is 0.0748. The molecule has 4 N–H and O–H groups in total. The van der Waals surface area contributed by atoms with Gasteiger partial charge in [-0.05, 0) is 0 Å². The lowest BCUT2D eigenvalue weighted by Crippen LogP contribution is -2.38. The van der Waals surface area contributed by atoms with Gasteiger partial charge in [-0.2, -0.15) is 0 Å². The van der Waals surface area contributed by atoms with E-state index in [1.54, 1.807) is 0 Å². The first-order valence-electron chi connectivity index (χ1n) is 1.49. The molecule has 3 nitrogen and oxygen atoms in total. The van der Waals surface area contributed by atoms with Crippen LogP contribution in [0.15, 0.2) is 0 Å². The number of nitrogens with one attached hydrogen (secondary N) is 2. The van der Waals surface area contributed by atoms with Gasteiger partial charge in [0.1, 0.15) is 0 Å². The molecule has 4 radical (unpaired) electrons. The predicted molar refractivity (Wildman–Crippen MR) is 27.7 cm³/mol. The zero-order valence-corrected chi connectivity index (χ0v) is 3.31. The summed E-state index contributed by atoms with van der Waals surface area (Å²) >= 11 is 0.